The first-order valence-corrected chi connectivity index (χ1v) is 13.5. The zero-order chi connectivity index (χ0) is 24.4. The van der Waals surface area contributed by atoms with Crippen molar-refractivity contribution in [2.24, 2.45) is 0 Å². The summed E-state index contributed by atoms with van der Waals surface area (Å²) in [6.07, 6.45) is 7.91. The monoisotopic (exact) mass is 499 g/mol. The highest BCUT2D eigenvalue weighted by atomic mass is 32.2. The third kappa shape index (κ3) is 4.68. The van der Waals surface area contributed by atoms with Gasteiger partial charge >= 0.3 is 0 Å². The van der Waals surface area contributed by atoms with Crippen LogP contribution in [0.25, 0.3) is 6.08 Å². The summed E-state index contributed by atoms with van der Waals surface area (Å²) in [6.45, 7) is 7.83. The van der Waals surface area contributed by atoms with Crippen molar-refractivity contribution in [1.82, 2.24) is 14.4 Å². The van der Waals surface area contributed by atoms with Crippen molar-refractivity contribution >= 4 is 46.1 Å². The summed E-state index contributed by atoms with van der Waals surface area (Å²) in [5.41, 5.74) is 1.36. The molecule has 0 atom stereocenters. The average molecular weight is 500 g/mol. The molecule has 0 unspecified atom stereocenters. The van der Waals surface area contributed by atoms with Crippen LogP contribution in [0.1, 0.15) is 62.1 Å². The van der Waals surface area contributed by atoms with Gasteiger partial charge in [0.1, 0.15) is 21.8 Å². The summed E-state index contributed by atoms with van der Waals surface area (Å²) in [6, 6.07) is 2.32. The van der Waals surface area contributed by atoms with Gasteiger partial charge < -0.3 is 9.80 Å². The molecule has 9 heteroatoms. The highest BCUT2D eigenvalue weighted by molar-refractivity contribution is 8.26. The van der Waals surface area contributed by atoms with Gasteiger partial charge in [-0.1, -0.05) is 50.2 Å². The van der Waals surface area contributed by atoms with E-state index in [1.165, 1.54) is 11.8 Å². The molecule has 1 amide bonds. The van der Waals surface area contributed by atoms with Crippen molar-refractivity contribution in [3.8, 4) is 6.07 Å². The lowest BCUT2D eigenvalue weighted by atomic mass is 10.0. The van der Waals surface area contributed by atoms with Gasteiger partial charge in [-0.25, -0.2) is 0 Å². The molecule has 4 rings (SSSR count). The van der Waals surface area contributed by atoms with Gasteiger partial charge in [0.25, 0.3) is 11.5 Å². The second-order valence-electron chi connectivity index (χ2n) is 9.44. The van der Waals surface area contributed by atoms with Crippen LogP contribution >= 0.6 is 24.0 Å². The number of thioether (sulfide) groups is 1. The number of amides is 1. The number of likely N-dealkylation sites (N-methyl/N-ethyl adjacent to an activating group) is 1. The Hall–Kier alpha value is -2.15. The molecule has 3 heterocycles. The summed E-state index contributed by atoms with van der Waals surface area (Å²) in [7, 11) is 2.10. The van der Waals surface area contributed by atoms with Crippen LogP contribution in [0.5, 0.6) is 0 Å². The minimum atomic E-state index is -0.238. The van der Waals surface area contributed by atoms with E-state index in [1.54, 1.807) is 9.47 Å². The van der Waals surface area contributed by atoms with Gasteiger partial charge in [0.2, 0.25) is 0 Å². The predicted molar refractivity (Wildman–Crippen MR) is 142 cm³/mol. The highest BCUT2D eigenvalue weighted by Crippen LogP contribution is 2.39. The average Bonchev–Trinajstić information content (AvgIpc) is 3.43. The topological polar surface area (TPSA) is 72.6 Å². The van der Waals surface area contributed by atoms with E-state index in [-0.39, 0.29) is 23.1 Å². The van der Waals surface area contributed by atoms with Crippen molar-refractivity contribution in [3.05, 3.63) is 31.9 Å². The lowest BCUT2D eigenvalue weighted by molar-refractivity contribution is -0.123. The van der Waals surface area contributed by atoms with Gasteiger partial charge in [0.15, 0.2) is 0 Å². The maximum absolute atomic E-state index is 13.4. The van der Waals surface area contributed by atoms with Crippen LogP contribution in [0.15, 0.2) is 9.70 Å². The summed E-state index contributed by atoms with van der Waals surface area (Å²) in [5.74, 6) is 0.782. The first kappa shape index (κ1) is 25.0. The fourth-order valence-corrected chi connectivity index (χ4v) is 6.50. The van der Waals surface area contributed by atoms with Crippen LogP contribution in [0.3, 0.4) is 0 Å². The molecule has 1 aliphatic carbocycles. The predicted octanol–water partition coefficient (Wildman–Crippen LogP) is 3.72. The number of unbranched alkanes of at least 4 members (excludes halogenated alkanes) is 1. The standard InChI is InChI=1S/C25H33N5O2S2/c1-4-5-10-29-22(28-13-11-27(3)12-14-28)19(17(2)20(16-26)23(29)31)15-21-24(32)30(25(33)34-21)18-8-6-7-9-18/h15,18H,4-14H2,1-3H3. The van der Waals surface area contributed by atoms with Crippen LogP contribution in [-0.4, -0.2) is 63.9 Å². The molecule has 0 aromatic carbocycles. The number of nitrogens with zero attached hydrogens (tertiary/aromatic N) is 5. The molecule has 7 nitrogen and oxygen atoms in total. The van der Waals surface area contributed by atoms with Crippen molar-refractivity contribution in [3.63, 3.8) is 0 Å². The quantitative estimate of drug-likeness (QED) is 0.436. The number of thiocarbonyl (C=S) groups is 1. The Morgan fingerprint density at radius 1 is 1.18 bits per heavy atom. The van der Waals surface area contributed by atoms with Gasteiger partial charge in [-0.2, -0.15) is 5.26 Å². The minimum Gasteiger partial charge on any atom is -0.355 e. The van der Waals surface area contributed by atoms with Crippen molar-refractivity contribution in [1.29, 1.82) is 5.26 Å². The van der Waals surface area contributed by atoms with Gasteiger partial charge in [-0.05, 0) is 44.9 Å². The Morgan fingerprint density at radius 2 is 1.85 bits per heavy atom. The Labute approximate surface area is 211 Å². The fourth-order valence-electron chi connectivity index (χ4n) is 5.11. The maximum Gasteiger partial charge on any atom is 0.270 e. The van der Waals surface area contributed by atoms with E-state index in [0.717, 1.165) is 76.1 Å². The second kappa shape index (κ2) is 10.6. The third-order valence-corrected chi connectivity index (χ3v) is 8.50. The zero-order valence-electron chi connectivity index (χ0n) is 20.3. The van der Waals surface area contributed by atoms with Crippen LogP contribution in [0.2, 0.25) is 0 Å². The number of piperazine rings is 1. The van der Waals surface area contributed by atoms with E-state index in [0.29, 0.717) is 21.3 Å². The number of hydrogen-bond donors (Lipinski definition) is 0. The number of hydrogen-bond acceptors (Lipinski definition) is 7. The SMILES string of the molecule is CCCCn1c(N2CCN(C)CC2)c(C=C2SC(=S)N(C3CCCC3)C2=O)c(C)c(C#N)c1=O. The molecule has 0 N–H and O–H groups in total. The van der Waals surface area contributed by atoms with Crippen LogP contribution in [0, 0.1) is 18.3 Å². The van der Waals surface area contributed by atoms with Gasteiger partial charge in [-0.3, -0.25) is 19.1 Å². The number of carbonyl (C=O) groups excluding carboxylic acids is 1. The molecule has 3 aliphatic rings. The summed E-state index contributed by atoms with van der Waals surface area (Å²) >= 11 is 6.95. The van der Waals surface area contributed by atoms with Gasteiger partial charge in [0.05, 0.1) is 4.91 Å². The van der Waals surface area contributed by atoms with E-state index in [1.807, 2.05) is 13.0 Å². The lowest BCUT2D eigenvalue weighted by Crippen LogP contribution is -2.47. The van der Waals surface area contributed by atoms with Crippen molar-refractivity contribution in [2.75, 3.05) is 38.1 Å². The first-order valence-electron chi connectivity index (χ1n) is 12.2. The Balaban J connectivity index is 1.85. The van der Waals surface area contributed by atoms with E-state index in [9.17, 15) is 14.9 Å². The molecular weight excluding hydrogens is 466 g/mol. The van der Waals surface area contributed by atoms with E-state index in [2.05, 4.69) is 29.8 Å². The number of anilines is 1. The number of carbonyl (C=O) groups is 1. The highest BCUT2D eigenvalue weighted by Gasteiger charge is 2.38. The maximum atomic E-state index is 13.4. The molecule has 1 aromatic heterocycles. The smallest absolute Gasteiger partial charge is 0.270 e. The van der Waals surface area contributed by atoms with Crippen LogP contribution in [0.4, 0.5) is 5.82 Å². The molecule has 2 saturated heterocycles. The summed E-state index contributed by atoms with van der Waals surface area (Å²) in [5, 5.41) is 9.84. The number of pyridine rings is 1. The lowest BCUT2D eigenvalue weighted by Gasteiger charge is -2.36. The molecule has 2 aliphatic heterocycles. The van der Waals surface area contributed by atoms with E-state index >= 15 is 0 Å². The van der Waals surface area contributed by atoms with Crippen LogP contribution < -0.4 is 10.5 Å². The molecule has 0 radical (unpaired) electrons. The number of rotatable bonds is 6. The molecule has 182 valence electrons. The Morgan fingerprint density at radius 3 is 2.47 bits per heavy atom. The van der Waals surface area contributed by atoms with Gasteiger partial charge in [0, 0.05) is 44.3 Å². The van der Waals surface area contributed by atoms with E-state index in [4.69, 9.17) is 12.2 Å². The molecule has 34 heavy (non-hydrogen) atoms. The summed E-state index contributed by atoms with van der Waals surface area (Å²) in [4.78, 5) is 33.7. The molecule has 1 saturated carbocycles. The van der Waals surface area contributed by atoms with E-state index < -0.39 is 0 Å². The molecular formula is C25H33N5O2S2. The molecule has 1 aromatic rings. The normalized spacial score (nSPS) is 21.2. The van der Waals surface area contributed by atoms with Gasteiger partial charge in [-0.15, -0.1) is 0 Å². The second-order valence-corrected chi connectivity index (χ2v) is 11.1. The third-order valence-electron chi connectivity index (χ3n) is 7.17. The number of aromatic nitrogens is 1. The Bertz CT molecular complexity index is 1110. The summed E-state index contributed by atoms with van der Waals surface area (Å²) < 4.78 is 2.38. The fraction of sp³-hybridized carbons (Fsp3) is 0.600. The Kier molecular flexibility index (Phi) is 7.80. The number of nitriles is 1. The minimum absolute atomic E-state index is 0.0459. The molecule has 3 fully saturated rings. The molecule has 0 bridgehead atoms. The van der Waals surface area contributed by atoms with Crippen LogP contribution in [-0.2, 0) is 11.3 Å². The molecule has 0 spiro atoms. The zero-order valence-corrected chi connectivity index (χ0v) is 21.9. The first-order chi connectivity index (χ1) is 16.4. The largest absolute Gasteiger partial charge is 0.355 e. The van der Waals surface area contributed by atoms with Crippen molar-refractivity contribution in [2.45, 2.75) is 65.0 Å². The van der Waals surface area contributed by atoms with Crippen molar-refractivity contribution < 1.29 is 4.79 Å².